The van der Waals surface area contributed by atoms with E-state index < -0.39 is 4.92 Å². The molecule has 4 aromatic rings. The molecule has 1 heterocycles. The molecule has 0 radical (unpaired) electrons. The van der Waals surface area contributed by atoms with Gasteiger partial charge in [-0.25, -0.2) is 4.98 Å². The molecule has 0 aliphatic heterocycles. The monoisotopic (exact) mass is 375 g/mol. The zero-order chi connectivity index (χ0) is 18.5. The number of fused-ring (bicyclic) bond motifs is 2. The smallest absolute Gasteiger partial charge is 0.269 e. The molecular formula is C20H13N3O3S. The van der Waals surface area contributed by atoms with E-state index in [0.717, 1.165) is 28.4 Å². The lowest BCUT2D eigenvalue weighted by Crippen LogP contribution is -2.11. The average Bonchev–Trinajstić information content (AvgIpc) is 3.27. The van der Waals surface area contributed by atoms with Crippen LogP contribution in [0.3, 0.4) is 0 Å². The van der Waals surface area contributed by atoms with E-state index in [1.807, 2.05) is 0 Å². The minimum atomic E-state index is -0.490. The van der Waals surface area contributed by atoms with Gasteiger partial charge in [0.25, 0.3) is 11.6 Å². The molecule has 132 valence electrons. The first kappa shape index (κ1) is 15.9. The Balaban J connectivity index is 1.51. The number of carbonyl (C=O) groups excluding carboxylic acids is 1. The summed E-state index contributed by atoms with van der Waals surface area (Å²) in [6.07, 6.45) is 2.10. The fraction of sp³-hybridized carbons (Fsp3) is 0.100. The highest BCUT2D eigenvalue weighted by atomic mass is 32.1. The maximum absolute atomic E-state index is 12.5. The van der Waals surface area contributed by atoms with Gasteiger partial charge in [-0.15, -0.1) is 0 Å². The maximum Gasteiger partial charge on any atom is 0.269 e. The molecule has 5 rings (SSSR count). The van der Waals surface area contributed by atoms with Crippen LogP contribution in [0.1, 0.15) is 21.5 Å². The number of amides is 1. The van der Waals surface area contributed by atoms with Crippen LogP contribution in [0.15, 0.2) is 48.5 Å². The largest absolute Gasteiger partial charge is 0.298 e. The van der Waals surface area contributed by atoms with Gasteiger partial charge >= 0.3 is 0 Å². The number of carbonyl (C=O) groups is 1. The molecule has 6 nitrogen and oxygen atoms in total. The average molecular weight is 375 g/mol. The topological polar surface area (TPSA) is 85.1 Å². The van der Waals surface area contributed by atoms with Crippen LogP contribution in [0.5, 0.6) is 0 Å². The number of hydrogen-bond acceptors (Lipinski definition) is 5. The first-order chi connectivity index (χ1) is 13.1. The third kappa shape index (κ3) is 2.55. The third-order valence-electron chi connectivity index (χ3n) is 4.91. The minimum absolute atomic E-state index is 0.0456. The van der Waals surface area contributed by atoms with Crippen LogP contribution in [-0.4, -0.2) is 15.8 Å². The molecule has 3 aromatic carbocycles. The molecule has 1 N–H and O–H groups in total. The van der Waals surface area contributed by atoms with E-state index in [9.17, 15) is 14.9 Å². The van der Waals surface area contributed by atoms with E-state index in [1.54, 1.807) is 0 Å². The number of anilines is 1. The van der Waals surface area contributed by atoms with Crippen LogP contribution >= 0.6 is 11.3 Å². The Kier molecular flexibility index (Phi) is 3.45. The maximum atomic E-state index is 12.5. The van der Waals surface area contributed by atoms with Crippen LogP contribution in [0.2, 0.25) is 0 Å². The first-order valence-corrected chi connectivity index (χ1v) is 9.31. The van der Waals surface area contributed by atoms with E-state index in [2.05, 4.69) is 34.6 Å². The van der Waals surface area contributed by atoms with E-state index in [-0.39, 0.29) is 11.6 Å². The quantitative estimate of drug-likeness (QED) is 0.415. The molecule has 27 heavy (non-hydrogen) atoms. The second kappa shape index (κ2) is 5.85. The summed E-state index contributed by atoms with van der Waals surface area (Å²) in [5, 5.41) is 16.5. The standard InChI is InChI=1S/C20H13N3O3S/c24-19(12-6-8-14(9-7-12)23(25)26)22-20-21-18-15-3-1-2-11-4-5-13(17(11)15)10-16(18)27-20/h1-3,6-10H,4-5H2,(H,21,22,24). The molecule has 7 heteroatoms. The van der Waals surface area contributed by atoms with Gasteiger partial charge in [0.2, 0.25) is 0 Å². The molecule has 1 aromatic heterocycles. The lowest BCUT2D eigenvalue weighted by Gasteiger charge is -2.02. The lowest BCUT2D eigenvalue weighted by molar-refractivity contribution is -0.384. The zero-order valence-corrected chi connectivity index (χ0v) is 14.9. The van der Waals surface area contributed by atoms with Crippen molar-refractivity contribution < 1.29 is 9.72 Å². The highest BCUT2D eigenvalue weighted by Gasteiger charge is 2.19. The van der Waals surface area contributed by atoms with Gasteiger partial charge in [0, 0.05) is 23.1 Å². The highest BCUT2D eigenvalue weighted by molar-refractivity contribution is 7.22. The number of nitrogens with zero attached hydrogens (tertiary/aromatic N) is 2. The summed E-state index contributed by atoms with van der Waals surface area (Å²) < 4.78 is 1.05. The number of aromatic nitrogens is 1. The van der Waals surface area contributed by atoms with Crippen molar-refractivity contribution in [3.63, 3.8) is 0 Å². The van der Waals surface area contributed by atoms with Crippen molar-refractivity contribution >= 4 is 49.1 Å². The highest BCUT2D eigenvalue weighted by Crippen LogP contribution is 2.39. The number of non-ortho nitro benzene ring substituents is 1. The SMILES string of the molecule is O=C(Nc1nc2c(cc3c4c(cccc42)CC3)s1)c1ccc([N+](=O)[O-])cc1. The van der Waals surface area contributed by atoms with Gasteiger partial charge in [0.15, 0.2) is 5.13 Å². The second-order valence-corrected chi connectivity index (χ2v) is 7.53. The van der Waals surface area contributed by atoms with Gasteiger partial charge in [-0.05, 0) is 47.6 Å². The molecule has 1 aliphatic rings. The molecule has 0 spiro atoms. The molecule has 0 saturated heterocycles. The zero-order valence-electron chi connectivity index (χ0n) is 14.1. The van der Waals surface area contributed by atoms with Crippen LogP contribution in [0.4, 0.5) is 10.8 Å². The predicted octanol–water partition coefficient (Wildman–Crippen LogP) is 4.71. The van der Waals surface area contributed by atoms with Gasteiger partial charge in [0.1, 0.15) is 0 Å². The number of rotatable bonds is 3. The Morgan fingerprint density at radius 2 is 1.89 bits per heavy atom. The summed E-state index contributed by atoms with van der Waals surface area (Å²) in [4.78, 5) is 27.3. The number of nitrogens with one attached hydrogen (secondary N) is 1. The fourth-order valence-electron chi connectivity index (χ4n) is 3.66. The molecule has 0 fully saturated rings. The van der Waals surface area contributed by atoms with Crippen molar-refractivity contribution in [2.75, 3.05) is 5.32 Å². The number of nitro benzene ring substituents is 1. The van der Waals surface area contributed by atoms with E-state index >= 15 is 0 Å². The Labute approximate surface area is 157 Å². The van der Waals surface area contributed by atoms with E-state index in [4.69, 9.17) is 0 Å². The molecule has 1 aliphatic carbocycles. The van der Waals surface area contributed by atoms with Crippen molar-refractivity contribution in [1.29, 1.82) is 0 Å². The normalized spacial score (nSPS) is 12.6. The number of nitro groups is 1. The van der Waals surface area contributed by atoms with Crippen LogP contribution < -0.4 is 5.32 Å². The van der Waals surface area contributed by atoms with Crippen molar-refractivity contribution in [3.8, 4) is 0 Å². The molecule has 0 unspecified atom stereocenters. The molecule has 0 atom stereocenters. The van der Waals surface area contributed by atoms with Gasteiger partial charge in [-0.2, -0.15) is 0 Å². The third-order valence-corrected chi connectivity index (χ3v) is 5.83. The Morgan fingerprint density at radius 1 is 1.11 bits per heavy atom. The number of aryl methyl sites for hydroxylation is 2. The Bertz CT molecular complexity index is 1250. The van der Waals surface area contributed by atoms with E-state index in [0.29, 0.717) is 10.7 Å². The molecule has 0 bridgehead atoms. The van der Waals surface area contributed by atoms with Crippen LogP contribution in [-0.2, 0) is 12.8 Å². The Morgan fingerprint density at radius 3 is 2.67 bits per heavy atom. The predicted molar refractivity (Wildman–Crippen MR) is 106 cm³/mol. The summed E-state index contributed by atoms with van der Waals surface area (Å²) in [6, 6.07) is 14.0. The first-order valence-electron chi connectivity index (χ1n) is 8.50. The van der Waals surface area contributed by atoms with Crippen LogP contribution in [0.25, 0.3) is 21.0 Å². The molecule has 0 saturated carbocycles. The van der Waals surface area contributed by atoms with Crippen molar-refractivity contribution in [3.05, 3.63) is 75.3 Å². The summed E-state index contributed by atoms with van der Waals surface area (Å²) in [5.74, 6) is -0.332. The van der Waals surface area contributed by atoms with Crippen molar-refractivity contribution in [2.24, 2.45) is 0 Å². The summed E-state index contributed by atoms with van der Waals surface area (Å²) >= 11 is 1.44. The van der Waals surface area contributed by atoms with Crippen molar-refractivity contribution in [1.82, 2.24) is 4.98 Å². The number of thiazole rings is 1. The van der Waals surface area contributed by atoms with E-state index in [1.165, 1.54) is 52.1 Å². The van der Waals surface area contributed by atoms with Gasteiger partial charge in [0.05, 0.1) is 15.1 Å². The lowest BCUT2D eigenvalue weighted by atomic mass is 10.0. The summed E-state index contributed by atoms with van der Waals surface area (Å²) in [6.45, 7) is 0. The number of hydrogen-bond donors (Lipinski definition) is 1. The second-order valence-electron chi connectivity index (χ2n) is 6.50. The summed E-state index contributed by atoms with van der Waals surface area (Å²) in [7, 11) is 0. The van der Waals surface area contributed by atoms with Crippen LogP contribution in [0, 0.1) is 10.1 Å². The Hall–Kier alpha value is -3.32. The molecular weight excluding hydrogens is 362 g/mol. The fourth-order valence-corrected chi connectivity index (χ4v) is 4.60. The van der Waals surface area contributed by atoms with Crippen molar-refractivity contribution in [2.45, 2.75) is 12.8 Å². The van der Waals surface area contributed by atoms with Gasteiger partial charge in [-0.1, -0.05) is 29.5 Å². The molecule has 1 amide bonds. The van der Waals surface area contributed by atoms with Gasteiger partial charge in [-0.3, -0.25) is 20.2 Å². The summed E-state index contributed by atoms with van der Waals surface area (Å²) in [5.41, 5.74) is 3.91. The minimum Gasteiger partial charge on any atom is -0.298 e. The number of benzene rings is 3. The van der Waals surface area contributed by atoms with Gasteiger partial charge < -0.3 is 0 Å².